The fourth-order valence-corrected chi connectivity index (χ4v) is 4.05. The lowest BCUT2D eigenvalue weighted by molar-refractivity contribution is -0.121. The first kappa shape index (κ1) is 34.2. The van der Waals surface area contributed by atoms with Crippen molar-refractivity contribution in [2.75, 3.05) is 72.0 Å². The van der Waals surface area contributed by atoms with Gasteiger partial charge in [-0.3, -0.25) is 4.79 Å². The topological polar surface area (TPSA) is 129 Å². The summed E-state index contributed by atoms with van der Waals surface area (Å²) < 4.78 is 0. The van der Waals surface area contributed by atoms with Gasteiger partial charge < -0.3 is 38.1 Å². The van der Waals surface area contributed by atoms with Gasteiger partial charge in [-0.25, -0.2) is 0 Å². The molecule has 9 N–H and O–H groups in total. The van der Waals surface area contributed by atoms with Crippen LogP contribution in [0.25, 0.3) is 0 Å². The summed E-state index contributed by atoms with van der Waals surface area (Å²) in [6, 6.07) is 0. The molecule has 8 heteroatoms. The Morgan fingerprint density at radius 3 is 1.57 bits per heavy atom. The van der Waals surface area contributed by atoms with Crippen molar-refractivity contribution in [3.8, 4) is 0 Å². The fraction of sp³-hybridized carbons (Fsp3) is 0.963. The van der Waals surface area contributed by atoms with Gasteiger partial charge in [0.1, 0.15) is 0 Å². The van der Waals surface area contributed by atoms with E-state index < -0.39 is 0 Å². The maximum Gasteiger partial charge on any atom is 0.219 e. The van der Waals surface area contributed by atoms with Crippen molar-refractivity contribution in [3.05, 3.63) is 0 Å². The van der Waals surface area contributed by atoms with Crippen LogP contribution in [0.4, 0.5) is 0 Å². The van der Waals surface area contributed by atoms with Crippen LogP contribution in [0.1, 0.15) is 90.4 Å². The van der Waals surface area contributed by atoms with Gasteiger partial charge in [-0.1, -0.05) is 26.2 Å². The fourth-order valence-electron chi connectivity index (χ4n) is 4.05. The number of carbonyl (C=O) groups is 1. The van der Waals surface area contributed by atoms with E-state index in [0.29, 0.717) is 12.3 Å². The molecule has 0 saturated carbocycles. The highest BCUT2D eigenvalue weighted by molar-refractivity contribution is 5.75. The largest absolute Gasteiger partial charge is 0.356 e. The van der Waals surface area contributed by atoms with Crippen LogP contribution in [0.2, 0.25) is 0 Å². The second-order valence-corrected chi connectivity index (χ2v) is 9.78. The number of nitrogens with two attached hydrogens (primary N) is 2. The number of unbranched alkanes of at least 4 members (excludes halogenated alkanes) is 5. The molecule has 0 aliphatic rings. The third-order valence-corrected chi connectivity index (χ3v) is 6.23. The second kappa shape index (κ2) is 29.5. The first-order chi connectivity index (χ1) is 17.2. The van der Waals surface area contributed by atoms with Gasteiger partial charge >= 0.3 is 0 Å². The Morgan fingerprint density at radius 1 is 0.600 bits per heavy atom. The van der Waals surface area contributed by atoms with Gasteiger partial charge in [-0.05, 0) is 129 Å². The zero-order valence-electron chi connectivity index (χ0n) is 23.1. The van der Waals surface area contributed by atoms with Crippen LogP contribution >= 0.6 is 0 Å². The van der Waals surface area contributed by atoms with Crippen molar-refractivity contribution in [1.82, 2.24) is 26.6 Å². The zero-order chi connectivity index (χ0) is 25.7. The minimum absolute atomic E-state index is 0.197. The molecule has 0 aliphatic heterocycles. The normalized spacial score (nSPS) is 11.4. The average Bonchev–Trinajstić information content (AvgIpc) is 2.85. The summed E-state index contributed by atoms with van der Waals surface area (Å²) in [4.78, 5) is 11.5. The molecule has 0 saturated heterocycles. The monoisotopic (exact) mass is 499 g/mol. The lowest BCUT2D eigenvalue weighted by atomic mass is 10.00. The molecule has 0 fully saturated rings. The molecule has 0 aromatic heterocycles. The summed E-state index contributed by atoms with van der Waals surface area (Å²) in [6.07, 6.45) is 14.7. The van der Waals surface area contributed by atoms with Crippen LogP contribution in [0, 0.1) is 5.92 Å². The van der Waals surface area contributed by atoms with Gasteiger partial charge in [0.15, 0.2) is 0 Å². The maximum absolute atomic E-state index is 11.5. The quantitative estimate of drug-likeness (QED) is 0.0785. The van der Waals surface area contributed by atoms with E-state index in [9.17, 15) is 4.79 Å². The molecule has 0 heterocycles. The molecule has 0 spiro atoms. The van der Waals surface area contributed by atoms with Crippen LogP contribution < -0.4 is 38.1 Å². The molecule has 0 unspecified atom stereocenters. The van der Waals surface area contributed by atoms with Crippen LogP contribution in [0.5, 0.6) is 0 Å². The molecule has 0 atom stereocenters. The standard InChI is InChI=1S/C27H61N7O/c1-2-13-27(35)34-23-6-4-3-5-14-26(24-32-19-9-7-17-30-21-11-15-28)25-33-20-10-8-18-31-22-12-16-29/h26,30-33H,2-25,28-29H2,1H3,(H,34,35). The lowest BCUT2D eigenvalue weighted by Gasteiger charge is -2.19. The molecule has 1 amide bonds. The Kier molecular flexibility index (Phi) is 28.8. The van der Waals surface area contributed by atoms with Crippen molar-refractivity contribution in [1.29, 1.82) is 0 Å². The Hall–Kier alpha value is -0.770. The third kappa shape index (κ3) is 27.7. The number of carbonyl (C=O) groups excluding carboxylic acids is 1. The van der Waals surface area contributed by atoms with Gasteiger partial charge in [-0.2, -0.15) is 0 Å². The van der Waals surface area contributed by atoms with E-state index in [1.54, 1.807) is 0 Å². The summed E-state index contributed by atoms with van der Waals surface area (Å²) in [5, 5.41) is 17.3. The molecular formula is C27H61N7O. The van der Waals surface area contributed by atoms with Crippen LogP contribution in [-0.2, 0) is 4.79 Å². The maximum atomic E-state index is 11.5. The van der Waals surface area contributed by atoms with Crippen LogP contribution in [-0.4, -0.2) is 77.9 Å². The lowest BCUT2D eigenvalue weighted by Crippen LogP contribution is -2.32. The molecule has 0 radical (unpaired) electrons. The van der Waals surface area contributed by atoms with Crippen molar-refractivity contribution in [2.45, 2.75) is 90.4 Å². The summed E-state index contributed by atoms with van der Waals surface area (Å²) >= 11 is 0. The predicted molar refractivity (Wildman–Crippen MR) is 152 cm³/mol. The molecule has 0 bridgehead atoms. The van der Waals surface area contributed by atoms with E-state index in [-0.39, 0.29) is 5.91 Å². The van der Waals surface area contributed by atoms with Gasteiger partial charge in [0.2, 0.25) is 5.91 Å². The van der Waals surface area contributed by atoms with Gasteiger partial charge in [0.05, 0.1) is 0 Å². The smallest absolute Gasteiger partial charge is 0.219 e. The van der Waals surface area contributed by atoms with Crippen molar-refractivity contribution < 1.29 is 4.79 Å². The number of hydrogen-bond acceptors (Lipinski definition) is 7. The van der Waals surface area contributed by atoms with E-state index in [4.69, 9.17) is 11.5 Å². The van der Waals surface area contributed by atoms with Crippen LogP contribution in [0.15, 0.2) is 0 Å². The third-order valence-electron chi connectivity index (χ3n) is 6.23. The second-order valence-electron chi connectivity index (χ2n) is 9.78. The molecule has 210 valence electrons. The Bertz CT molecular complexity index is 404. The van der Waals surface area contributed by atoms with Gasteiger partial charge in [0.25, 0.3) is 0 Å². The number of hydrogen-bond donors (Lipinski definition) is 7. The molecule has 0 aliphatic carbocycles. The highest BCUT2D eigenvalue weighted by atomic mass is 16.1. The SMILES string of the molecule is CCCC(=O)NCCCCCCC(CNCCCCNCCCN)CNCCCCNCCCN. The highest BCUT2D eigenvalue weighted by Crippen LogP contribution is 2.10. The van der Waals surface area contributed by atoms with Gasteiger partial charge in [-0.15, -0.1) is 0 Å². The summed E-state index contributed by atoms with van der Waals surface area (Å²) in [6.45, 7) is 13.1. The first-order valence-electron chi connectivity index (χ1n) is 14.7. The number of rotatable bonds is 29. The minimum atomic E-state index is 0.197. The van der Waals surface area contributed by atoms with Crippen molar-refractivity contribution >= 4 is 5.91 Å². The zero-order valence-corrected chi connectivity index (χ0v) is 23.1. The van der Waals surface area contributed by atoms with Gasteiger partial charge in [0, 0.05) is 13.0 Å². The number of amides is 1. The first-order valence-corrected chi connectivity index (χ1v) is 14.7. The average molecular weight is 500 g/mol. The Morgan fingerprint density at radius 2 is 1.06 bits per heavy atom. The summed E-state index contributed by atoms with van der Waals surface area (Å²) in [7, 11) is 0. The van der Waals surface area contributed by atoms with E-state index >= 15 is 0 Å². The molecular weight excluding hydrogens is 438 g/mol. The molecule has 8 nitrogen and oxygen atoms in total. The number of nitrogens with one attached hydrogen (secondary N) is 5. The molecule has 0 aromatic carbocycles. The van der Waals surface area contributed by atoms with E-state index in [1.165, 1.54) is 51.4 Å². The Labute approximate surface area is 217 Å². The predicted octanol–water partition coefficient (Wildman–Crippen LogP) is 2.09. The molecule has 0 aromatic rings. The molecule has 0 rings (SSSR count). The van der Waals surface area contributed by atoms with E-state index in [0.717, 1.165) is 97.7 Å². The minimum Gasteiger partial charge on any atom is -0.356 e. The van der Waals surface area contributed by atoms with Crippen molar-refractivity contribution in [2.24, 2.45) is 17.4 Å². The summed E-state index contributed by atoms with van der Waals surface area (Å²) in [5.41, 5.74) is 11.1. The molecule has 35 heavy (non-hydrogen) atoms. The van der Waals surface area contributed by atoms with E-state index in [1.807, 2.05) is 6.92 Å². The van der Waals surface area contributed by atoms with E-state index in [2.05, 4.69) is 26.6 Å². The summed E-state index contributed by atoms with van der Waals surface area (Å²) in [5.74, 6) is 0.881. The highest BCUT2D eigenvalue weighted by Gasteiger charge is 2.08. The van der Waals surface area contributed by atoms with Crippen molar-refractivity contribution in [3.63, 3.8) is 0 Å². The van der Waals surface area contributed by atoms with Crippen LogP contribution in [0.3, 0.4) is 0 Å². The Balaban J connectivity index is 3.92.